The first-order valence-electron chi connectivity index (χ1n) is 0.455. The van der Waals surface area contributed by atoms with Crippen LogP contribution in [0.4, 0.5) is 0 Å². The Balaban J connectivity index is 0. The van der Waals surface area contributed by atoms with Crippen molar-refractivity contribution in [2.45, 2.75) is 0 Å². The minimum absolute atomic E-state index is 0.1000. The molecule has 0 amide bonds. The average molecular weight is 332 g/mol. The van der Waals surface area contributed by atoms with Crippen molar-refractivity contribution in [3.8, 4) is 0 Å². The molecule has 2 nitrogen and oxygen atoms in total. The van der Waals surface area contributed by atoms with Crippen LogP contribution in [0, 0.1) is 0 Å². The molecule has 22 valence electrons. The van der Waals surface area contributed by atoms with Gasteiger partial charge in [-0.05, 0) is 0 Å². The van der Waals surface area contributed by atoms with Gasteiger partial charge in [-0.2, -0.15) is 0 Å². The minimum atomic E-state index is -0.1000. The predicted octanol–water partition coefficient (Wildman–Crippen LogP) is -0.889. The molecule has 0 spiro atoms. The summed E-state index contributed by atoms with van der Waals surface area (Å²) in [5.74, 6) is 0. The first kappa shape index (κ1) is 8.94. The van der Waals surface area contributed by atoms with Crippen LogP contribution in [0.25, 0.3) is 0 Å². The predicted molar refractivity (Wildman–Crippen MR) is 8.52 cm³/mol. The van der Waals surface area contributed by atoms with Crippen LogP contribution in [0.15, 0.2) is 0 Å². The molecule has 0 rings (SSSR count). The molecule has 0 saturated carbocycles. The third-order valence-electron chi connectivity index (χ3n) is 0. The van der Waals surface area contributed by atoms with Crippen LogP contribution in [0.5, 0.6) is 0 Å². The first-order chi connectivity index (χ1) is 2.00. The number of rotatable bonds is 0. The van der Waals surface area contributed by atoms with Gasteiger partial charge in [0.15, 0.2) is 0 Å². The summed E-state index contributed by atoms with van der Waals surface area (Å²) in [5, 5.41) is 0. The second-order valence-corrected chi connectivity index (χ2v) is 0. The SMILES string of the molecule is [O]=[InH].[O]=[W]. The van der Waals surface area contributed by atoms with Crippen LogP contribution in [0.1, 0.15) is 0 Å². The van der Waals surface area contributed by atoms with Crippen LogP contribution in [-0.2, 0) is 26.0 Å². The molecular weight excluding hydrogens is 331 g/mol. The van der Waals surface area contributed by atoms with E-state index in [1.165, 1.54) is 0 Å². The summed E-state index contributed by atoms with van der Waals surface area (Å²) in [6, 6.07) is 0. The molecule has 0 aromatic carbocycles. The molecule has 0 atom stereocenters. The Kier molecular flexibility index (Phi) is 69.1. The van der Waals surface area contributed by atoms with E-state index in [1.54, 1.807) is 0 Å². The van der Waals surface area contributed by atoms with Crippen LogP contribution < -0.4 is 0 Å². The second-order valence-electron chi connectivity index (χ2n) is 0. The first-order valence-corrected chi connectivity index (χ1v) is 3.30. The average Bonchev–Trinajstić information content (AvgIpc) is 1.50. The molecule has 0 unspecified atom stereocenters. The Bertz CT molecular complexity index is 8.00. The van der Waals surface area contributed by atoms with Crippen molar-refractivity contribution in [3.63, 3.8) is 0 Å². The molecule has 0 heterocycles. The van der Waals surface area contributed by atoms with Gasteiger partial charge in [-0.1, -0.05) is 0 Å². The normalized spacial score (nSPS) is 1.75. The zero-order chi connectivity index (χ0) is 4.00. The summed E-state index contributed by atoms with van der Waals surface area (Å²) in [6.45, 7) is 0. The molecule has 0 saturated heterocycles. The Morgan fingerprint density at radius 2 is 1.25 bits per heavy atom. The van der Waals surface area contributed by atoms with Gasteiger partial charge in [0.25, 0.3) is 0 Å². The fourth-order valence-electron chi connectivity index (χ4n) is 0. The van der Waals surface area contributed by atoms with E-state index in [2.05, 4.69) is 0 Å². The molecular formula is HInO2W. The second kappa shape index (κ2) is 30.9. The maximum absolute atomic E-state index is 8.42. The molecule has 0 radical (unpaired) electrons. The summed E-state index contributed by atoms with van der Waals surface area (Å²) in [7, 11) is 0. The number of hydrogen-bond acceptors (Lipinski definition) is 2. The Hall–Kier alpha value is 1.16. The van der Waals surface area contributed by atoms with Gasteiger partial charge in [0.1, 0.15) is 0 Å². The Labute approximate surface area is 50.2 Å². The van der Waals surface area contributed by atoms with E-state index in [1.807, 2.05) is 0 Å². The molecule has 0 aliphatic rings. The van der Waals surface area contributed by atoms with Crippen molar-refractivity contribution in [3.05, 3.63) is 0 Å². The van der Waals surface area contributed by atoms with Gasteiger partial charge in [-0.3, -0.25) is 0 Å². The monoisotopic (exact) mass is 332 g/mol. The van der Waals surface area contributed by atoms with Crippen molar-refractivity contribution in [1.82, 2.24) is 0 Å². The van der Waals surface area contributed by atoms with Crippen molar-refractivity contribution >= 4 is 24.4 Å². The Morgan fingerprint density at radius 1 is 1.25 bits per heavy atom. The molecule has 0 aromatic heterocycles. The van der Waals surface area contributed by atoms with Crippen LogP contribution in [0.3, 0.4) is 0 Å². The van der Waals surface area contributed by atoms with Crippen LogP contribution in [-0.4, -0.2) is 24.4 Å². The van der Waals surface area contributed by atoms with E-state index in [4.69, 9.17) is 6.25 Å². The molecule has 0 N–H and O–H groups in total. The number of hydrogen-bond donors (Lipinski definition) is 0. The van der Waals surface area contributed by atoms with E-state index in [-0.39, 0.29) is 24.4 Å². The van der Waals surface area contributed by atoms with Gasteiger partial charge in [0.05, 0.1) is 0 Å². The molecule has 0 aliphatic carbocycles. The third-order valence-corrected chi connectivity index (χ3v) is 0. The van der Waals surface area contributed by atoms with Crippen molar-refractivity contribution < 1.29 is 26.0 Å². The van der Waals surface area contributed by atoms with Crippen molar-refractivity contribution in [2.75, 3.05) is 0 Å². The quantitative estimate of drug-likeness (QED) is 0.577. The van der Waals surface area contributed by atoms with Gasteiger partial charge < -0.3 is 0 Å². The van der Waals surface area contributed by atoms with E-state index >= 15 is 0 Å². The van der Waals surface area contributed by atoms with Gasteiger partial charge in [0.2, 0.25) is 0 Å². The zero-order valence-electron chi connectivity index (χ0n) is 1.93. The summed E-state index contributed by atoms with van der Waals surface area (Å²) >= 11 is 0.233. The van der Waals surface area contributed by atoms with E-state index < -0.39 is 0 Å². The van der Waals surface area contributed by atoms with Gasteiger partial charge in [0, 0.05) is 0 Å². The zero-order valence-corrected chi connectivity index (χ0v) is 8.90. The summed E-state index contributed by atoms with van der Waals surface area (Å²) in [6.07, 6.45) is 0. The molecule has 4 heavy (non-hydrogen) atoms. The van der Waals surface area contributed by atoms with Gasteiger partial charge in [-0.25, -0.2) is 0 Å². The third kappa shape index (κ3) is 11.0. The van der Waals surface area contributed by atoms with Crippen LogP contribution in [0.2, 0.25) is 0 Å². The Morgan fingerprint density at radius 3 is 1.25 bits per heavy atom. The van der Waals surface area contributed by atoms with Gasteiger partial charge >= 0.3 is 50.4 Å². The topological polar surface area (TPSA) is 34.1 Å². The fourth-order valence-corrected chi connectivity index (χ4v) is 0. The van der Waals surface area contributed by atoms with Crippen molar-refractivity contribution in [1.29, 1.82) is 0 Å². The molecule has 0 fully saturated rings. The standard InChI is InChI=1S/In.2O.W.H. The van der Waals surface area contributed by atoms with Crippen LogP contribution >= 0.6 is 0 Å². The fraction of sp³-hybridized carbons (Fsp3) is 0. The maximum atomic E-state index is 8.42. The molecule has 0 aliphatic heterocycles. The van der Waals surface area contributed by atoms with Gasteiger partial charge in [-0.15, -0.1) is 0 Å². The summed E-state index contributed by atoms with van der Waals surface area (Å²) in [5.41, 5.74) is 0. The molecule has 0 aromatic rings. The molecule has 4 heteroatoms. The van der Waals surface area contributed by atoms with E-state index in [9.17, 15) is 0 Å². The van der Waals surface area contributed by atoms with E-state index in [0.29, 0.717) is 19.8 Å². The molecule has 0 bridgehead atoms. The summed E-state index contributed by atoms with van der Waals surface area (Å²) < 4.78 is 16.8. The van der Waals surface area contributed by atoms with Crippen molar-refractivity contribution in [2.24, 2.45) is 0 Å². The summed E-state index contributed by atoms with van der Waals surface area (Å²) in [4.78, 5) is 0. The van der Waals surface area contributed by atoms with E-state index in [0.717, 1.165) is 0 Å².